The van der Waals surface area contributed by atoms with Crippen molar-refractivity contribution in [3.8, 4) is 16.3 Å². The Kier molecular flexibility index (Phi) is 5.82. The molecule has 0 aliphatic carbocycles. The summed E-state index contributed by atoms with van der Waals surface area (Å²) in [5.74, 6) is -0.246. The number of carbonyl (C=O) groups is 1. The van der Waals surface area contributed by atoms with Crippen molar-refractivity contribution < 1.29 is 4.79 Å². The van der Waals surface area contributed by atoms with Gasteiger partial charge in [-0.2, -0.15) is 10.2 Å². The van der Waals surface area contributed by atoms with Gasteiger partial charge in [-0.05, 0) is 46.7 Å². The van der Waals surface area contributed by atoms with Crippen molar-refractivity contribution in [3.63, 3.8) is 0 Å². The zero-order valence-electron chi connectivity index (χ0n) is 17.7. The zero-order valence-corrected chi connectivity index (χ0v) is 18.6. The number of nitrogens with zero attached hydrogens (tertiary/aromatic N) is 3. The normalized spacial score (nSPS) is 11.7. The van der Waals surface area contributed by atoms with Crippen molar-refractivity contribution in [2.24, 2.45) is 5.10 Å². The average molecular weight is 429 g/mol. The van der Waals surface area contributed by atoms with Crippen molar-refractivity contribution in [2.75, 3.05) is 0 Å². The van der Waals surface area contributed by atoms with E-state index < -0.39 is 0 Å². The molecule has 156 valence electrons. The van der Waals surface area contributed by atoms with Crippen LogP contribution in [-0.4, -0.2) is 21.9 Å². The molecule has 0 spiro atoms. The summed E-state index contributed by atoms with van der Waals surface area (Å²) in [6.07, 6.45) is 3.56. The van der Waals surface area contributed by atoms with Crippen LogP contribution in [0, 0.1) is 0 Å². The molecular formula is C25H24N4OS. The van der Waals surface area contributed by atoms with E-state index in [9.17, 15) is 4.79 Å². The number of carbonyl (C=O) groups excluding carboxylic acids is 1. The van der Waals surface area contributed by atoms with Crippen LogP contribution in [0.5, 0.6) is 0 Å². The molecule has 0 bridgehead atoms. The summed E-state index contributed by atoms with van der Waals surface area (Å²) in [6.45, 7) is 6.44. The molecule has 2 aromatic carbocycles. The molecule has 0 saturated heterocycles. The standard InChI is InChI=1S/C25H24N4OS/c1-25(2,3)20-13-11-18(12-14-20)24(30)27-26-16-19-17-29(21-8-5-4-6-9-21)28-23(19)22-10-7-15-31-22/h4-17H,1-3H3,(H,27,30)/b26-16-. The first-order valence-corrected chi connectivity index (χ1v) is 10.9. The zero-order chi connectivity index (χ0) is 21.8. The second-order valence-electron chi connectivity index (χ2n) is 8.22. The van der Waals surface area contributed by atoms with Crippen LogP contribution in [0.1, 0.15) is 42.3 Å². The maximum Gasteiger partial charge on any atom is 0.271 e. The quantitative estimate of drug-likeness (QED) is 0.329. The molecule has 0 aliphatic heterocycles. The molecule has 31 heavy (non-hydrogen) atoms. The van der Waals surface area contributed by atoms with Gasteiger partial charge < -0.3 is 0 Å². The Hall–Kier alpha value is -3.51. The topological polar surface area (TPSA) is 59.3 Å². The van der Waals surface area contributed by atoms with E-state index in [-0.39, 0.29) is 11.3 Å². The summed E-state index contributed by atoms with van der Waals surface area (Å²) in [4.78, 5) is 13.5. The van der Waals surface area contributed by atoms with E-state index in [1.807, 2.05) is 83.0 Å². The molecular weight excluding hydrogens is 404 g/mol. The van der Waals surface area contributed by atoms with Crippen LogP contribution in [0.4, 0.5) is 0 Å². The van der Waals surface area contributed by atoms with Crippen LogP contribution >= 0.6 is 11.3 Å². The number of aromatic nitrogens is 2. The third-order valence-corrected chi connectivity index (χ3v) is 5.78. The molecule has 0 aliphatic rings. The molecule has 0 unspecified atom stereocenters. The van der Waals surface area contributed by atoms with Gasteiger partial charge in [0.25, 0.3) is 5.91 Å². The highest BCUT2D eigenvalue weighted by Crippen LogP contribution is 2.27. The number of amides is 1. The first kappa shape index (κ1) is 20.8. The van der Waals surface area contributed by atoms with Gasteiger partial charge >= 0.3 is 0 Å². The summed E-state index contributed by atoms with van der Waals surface area (Å²) < 4.78 is 1.82. The Labute approximate surface area is 186 Å². The van der Waals surface area contributed by atoms with E-state index in [0.29, 0.717) is 5.56 Å². The molecule has 4 rings (SSSR count). The van der Waals surface area contributed by atoms with Gasteiger partial charge in [-0.1, -0.05) is 57.2 Å². The number of hydrogen-bond acceptors (Lipinski definition) is 4. The summed E-state index contributed by atoms with van der Waals surface area (Å²) in [6, 6.07) is 21.5. The minimum Gasteiger partial charge on any atom is -0.267 e. The minimum atomic E-state index is -0.246. The van der Waals surface area contributed by atoms with Crippen LogP contribution < -0.4 is 5.43 Å². The van der Waals surface area contributed by atoms with E-state index >= 15 is 0 Å². The molecule has 0 radical (unpaired) electrons. The third kappa shape index (κ3) is 4.81. The number of benzene rings is 2. The van der Waals surface area contributed by atoms with Crippen LogP contribution in [0.3, 0.4) is 0 Å². The Morgan fingerprint density at radius 3 is 2.42 bits per heavy atom. The van der Waals surface area contributed by atoms with Crippen LogP contribution in [0.15, 0.2) is 83.4 Å². The highest BCUT2D eigenvalue weighted by molar-refractivity contribution is 7.13. The van der Waals surface area contributed by atoms with Gasteiger partial charge in [0, 0.05) is 17.3 Å². The fourth-order valence-electron chi connectivity index (χ4n) is 3.15. The maximum absolute atomic E-state index is 12.5. The van der Waals surface area contributed by atoms with Crippen molar-refractivity contribution in [1.29, 1.82) is 0 Å². The molecule has 2 heterocycles. The van der Waals surface area contributed by atoms with E-state index in [0.717, 1.165) is 21.8 Å². The van der Waals surface area contributed by atoms with E-state index in [1.54, 1.807) is 17.6 Å². The number of hydrazone groups is 1. The molecule has 1 amide bonds. The second-order valence-corrected chi connectivity index (χ2v) is 9.16. The lowest BCUT2D eigenvalue weighted by atomic mass is 9.87. The largest absolute Gasteiger partial charge is 0.271 e. The van der Waals surface area contributed by atoms with Gasteiger partial charge in [-0.25, -0.2) is 10.1 Å². The Bertz CT molecular complexity index is 1180. The molecule has 1 N–H and O–H groups in total. The Balaban J connectivity index is 1.54. The van der Waals surface area contributed by atoms with Crippen LogP contribution in [-0.2, 0) is 5.41 Å². The van der Waals surface area contributed by atoms with Gasteiger partial charge in [-0.3, -0.25) is 4.79 Å². The lowest BCUT2D eigenvalue weighted by molar-refractivity contribution is 0.0955. The first-order chi connectivity index (χ1) is 14.9. The molecule has 4 aromatic rings. The predicted octanol–water partition coefficient (Wildman–Crippen LogP) is 5.66. The second kappa shape index (κ2) is 8.70. The summed E-state index contributed by atoms with van der Waals surface area (Å²) in [7, 11) is 0. The monoisotopic (exact) mass is 428 g/mol. The number of hydrogen-bond donors (Lipinski definition) is 1. The van der Waals surface area contributed by atoms with Crippen molar-refractivity contribution in [2.45, 2.75) is 26.2 Å². The summed E-state index contributed by atoms with van der Waals surface area (Å²) in [5, 5.41) is 10.9. The molecule has 0 fully saturated rings. The van der Waals surface area contributed by atoms with Gasteiger partial charge in [-0.15, -0.1) is 11.3 Å². The SMILES string of the molecule is CC(C)(C)c1ccc(C(=O)N/N=C\c2cn(-c3ccccc3)nc2-c2cccs2)cc1. The maximum atomic E-state index is 12.5. The number of para-hydroxylation sites is 1. The van der Waals surface area contributed by atoms with Crippen LogP contribution in [0.2, 0.25) is 0 Å². The van der Waals surface area contributed by atoms with E-state index in [2.05, 4.69) is 31.3 Å². The molecule has 0 atom stereocenters. The number of rotatable bonds is 5. The number of thiophene rings is 1. The van der Waals surface area contributed by atoms with Gasteiger partial charge in [0.2, 0.25) is 0 Å². The van der Waals surface area contributed by atoms with E-state index in [1.165, 1.54) is 5.56 Å². The minimum absolute atomic E-state index is 0.0459. The van der Waals surface area contributed by atoms with Crippen molar-refractivity contribution in [3.05, 3.63) is 95.0 Å². The predicted molar refractivity (Wildman–Crippen MR) is 127 cm³/mol. The van der Waals surface area contributed by atoms with Gasteiger partial charge in [0.05, 0.1) is 16.8 Å². The molecule has 0 saturated carbocycles. The summed E-state index contributed by atoms with van der Waals surface area (Å²) >= 11 is 1.61. The Morgan fingerprint density at radius 2 is 1.77 bits per heavy atom. The Morgan fingerprint density at radius 1 is 1.03 bits per heavy atom. The van der Waals surface area contributed by atoms with Crippen molar-refractivity contribution >= 4 is 23.5 Å². The molecule has 6 heteroatoms. The average Bonchev–Trinajstić information content (AvgIpc) is 3.44. The van der Waals surface area contributed by atoms with Crippen molar-refractivity contribution in [1.82, 2.24) is 15.2 Å². The van der Waals surface area contributed by atoms with Gasteiger partial charge in [0.1, 0.15) is 5.69 Å². The highest BCUT2D eigenvalue weighted by Gasteiger charge is 2.15. The van der Waals surface area contributed by atoms with Crippen LogP contribution in [0.25, 0.3) is 16.3 Å². The fourth-order valence-corrected chi connectivity index (χ4v) is 3.88. The lowest BCUT2D eigenvalue weighted by Crippen LogP contribution is -2.18. The van der Waals surface area contributed by atoms with E-state index in [4.69, 9.17) is 5.10 Å². The third-order valence-electron chi connectivity index (χ3n) is 4.90. The fraction of sp³-hybridized carbons (Fsp3) is 0.160. The summed E-state index contributed by atoms with van der Waals surface area (Å²) in [5.41, 5.74) is 7.04. The lowest BCUT2D eigenvalue weighted by Gasteiger charge is -2.18. The first-order valence-electron chi connectivity index (χ1n) is 10.0. The highest BCUT2D eigenvalue weighted by atomic mass is 32.1. The molecule has 5 nitrogen and oxygen atoms in total. The van der Waals surface area contributed by atoms with Gasteiger partial charge in [0.15, 0.2) is 0 Å². The smallest absolute Gasteiger partial charge is 0.267 e. The molecule has 2 aromatic heterocycles. The number of nitrogens with one attached hydrogen (secondary N) is 1.